The molecule has 7 heteroatoms. The molecule has 0 fully saturated rings. The minimum atomic E-state index is -0.112. The molecule has 0 bridgehead atoms. The van der Waals surface area contributed by atoms with Crippen LogP contribution < -0.4 is 19.7 Å². The molecule has 138 valence electrons. The van der Waals surface area contributed by atoms with Gasteiger partial charge in [0.25, 0.3) is 5.91 Å². The summed E-state index contributed by atoms with van der Waals surface area (Å²) in [6, 6.07) is 9.17. The van der Waals surface area contributed by atoms with Gasteiger partial charge in [0.1, 0.15) is 6.54 Å². The molecule has 1 heterocycles. The first-order valence-electron chi connectivity index (χ1n) is 8.33. The minimum absolute atomic E-state index is 0.112. The van der Waals surface area contributed by atoms with Crippen LogP contribution in [0.15, 0.2) is 30.3 Å². The van der Waals surface area contributed by atoms with Gasteiger partial charge >= 0.3 is 0 Å². The van der Waals surface area contributed by atoms with Crippen molar-refractivity contribution in [1.82, 2.24) is 0 Å². The molecule has 0 spiro atoms. The number of amides is 1. The Morgan fingerprint density at radius 1 is 1.12 bits per heavy atom. The van der Waals surface area contributed by atoms with E-state index in [1.54, 1.807) is 32.4 Å². The fourth-order valence-corrected chi connectivity index (χ4v) is 3.70. The average Bonchev–Trinajstić information content (AvgIpc) is 2.63. The lowest BCUT2D eigenvalue weighted by molar-refractivity contribution is -0.907. The summed E-state index contributed by atoms with van der Waals surface area (Å²) in [5, 5.41) is 3.69. The van der Waals surface area contributed by atoms with E-state index in [1.165, 1.54) is 16.0 Å². The van der Waals surface area contributed by atoms with Gasteiger partial charge in [-0.3, -0.25) is 4.79 Å². The van der Waals surface area contributed by atoms with Gasteiger partial charge in [0, 0.05) is 12.0 Å². The summed E-state index contributed by atoms with van der Waals surface area (Å²) in [5.74, 6) is 1.33. The van der Waals surface area contributed by atoms with Gasteiger partial charge in [-0.1, -0.05) is 29.3 Å². The maximum Gasteiger partial charge on any atom is 0.279 e. The highest BCUT2D eigenvalue weighted by Gasteiger charge is 2.24. The van der Waals surface area contributed by atoms with E-state index in [1.807, 2.05) is 12.1 Å². The third-order valence-corrected chi connectivity index (χ3v) is 5.16. The van der Waals surface area contributed by atoms with Crippen molar-refractivity contribution < 1.29 is 19.2 Å². The number of rotatable bonds is 5. The summed E-state index contributed by atoms with van der Waals surface area (Å²) < 4.78 is 10.7. The van der Waals surface area contributed by atoms with Gasteiger partial charge < -0.3 is 19.7 Å². The van der Waals surface area contributed by atoms with Crippen LogP contribution in [0.4, 0.5) is 5.69 Å². The van der Waals surface area contributed by atoms with Crippen LogP contribution in [-0.4, -0.2) is 33.2 Å². The molecule has 1 atom stereocenters. The van der Waals surface area contributed by atoms with Crippen molar-refractivity contribution in [2.75, 3.05) is 32.6 Å². The molecule has 2 aromatic carbocycles. The molecule has 0 aromatic heterocycles. The molecule has 26 heavy (non-hydrogen) atoms. The van der Waals surface area contributed by atoms with E-state index in [0.29, 0.717) is 28.0 Å². The van der Waals surface area contributed by atoms with Gasteiger partial charge in [0.05, 0.1) is 36.5 Å². The van der Waals surface area contributed by atoms with Crippen molar-refractivity contribution in [3.05, 3.63) is 51.5 Å². The summed E-state index contributed by atoms with van der Waals surface area (Å²) in [6.45, 7) is 1.96. The zero-order chi connectivity index (χ0) is 18.7. The van der Waals surface area contributed by atoms with E-state index in [4.69, 9.17) is 32.7 Å². The lowest BCUT2D eigenvalue weighted by Gasteiger charge is -2.26. The predicted octanol–water partition coefficient (Wildman–Crippen LogP) is 2.59. The first kappa shape index (κ1) is 18.8. The Labute approximate surface area is 162 Å². The third kappa shape index (κ3) is 4.06. The molecule has 1 unspecified atom stereocenters. The lowest BCUT2D eigenvalue weighted by atomic mass is 9.99. The van der Waals surface area contributed by atoms with E-state index in [2.05, 4.69) is 5.32 Å². The molecule has 0 saturated heterocycles. The highest BCUT2D eigenvalue weighted by atomic mass is 35.5. The summed E-state index contributed by atoms with van der Waals surface area (Å²) in [6.07, 6.45) is 0.880. The van der Waals surface area contributed by atoms with Gasteiger partial charge in [0.15, 0.2) is 18.0 Å². The summed E-state index contributed by atoms with van der Waals surface area (Å²) in [5.41, 5.74) is 2.87. The molecule has 1 amide bonds. The largest absolute Gasteiger partial charge is 0.493 e. The average molecular weight is 396 g/mol. The van der Waals surface area contributed by atoms with E-state index in [-0.39, 0.29) is 5.91 Å². The molecule has 0 radical (unpaired) electrons. The zero-order valence-corrected chi connectivity index (χ0v) is 16.2. The summed E-state index contributed by atoms with van der Waals surface area (Å²) in [4.78, 5) is 13.6. The zero-order valence-electron chi connectivity index (χ0n) is 14.7. The Morgan fingerprint density at radius 2 is 1.73 bits per heavy atom. The first-order valence-corrected chi connectivity index (χ1v) is 9.08. The topological polar surface area (TPSA) is 52.0 Å². The van der Waals surface area contributed by atoms with Gasteiger partial charge in [-0.05, 0) is 29.8 Å². The van der Waals surface area contributed by atoms with E-state index in [0.717, 1.165) is 25.3 Å². The molecular weight excluding hydrogens is 375 g/mol. The van der Waals surface area contributed by atoms with Crippen LogP contribution in [0.25, 0.3) is 0 Å². The lowest BCUT2D eigenvalue weighted by Crippen LogP contribution is -3.12. The van der Waals surface area contributed by atoms with Crippen LogP contribution in [0, 0.1) is 0 Å². The quantitative estimate of drug-likeness (QED) is 0.817. The van der Waals surface area contributed by atoms with E-state index >= 15 is 0 Å². The second-order valence-corrected chi connectivity index (χ2v) is 7.04. The van der Waals surface area contributed by atoms with Gasteiger partial charge in [-0.25, -0.2) is 0 Å². The molecule has 2 N–H and O–H groups in total. The fourth-order valence-electron chi connectivity index (χ4n) is 3.21. The normalized spacial score (nSPS) is 15.9. The number of para-hydroxylation sites is 1. The van der Waals surface area contributed by atoms with Gasteiger partial charge in [-0.2, -0.15) is 0 Å². The van der Waals surface area contributed by atoms with Crippen LogP contribution in [0.1, 0.15) is 11.1 Å². The smallest absolute Gasteiger partial charge is 0.279 e. The minimum Gasteiger partial charge on any atom is -0.493 e. The van der Waals surface area contributed by atoms with Crippen LogP contribution in [0.2, 0.25) is 10.0 Å². The fraction of sp³-hybridized carbons (Fsp3) is 0.316. The molecule has 3 rings (SSSR count). The second-order valence-electron chi connectivity index (χ2n) is 6.22. The van der Waals surface area contributed by atoms with E-state index < -0.39 is 0 Å². The number of fused-ring (bicyclic) bond motifs is 1. The van der Waals surface area contributed by atoms with Gasteiger partial charge in [0.2, 0.25) is 0 Å². The molecule has 0 aliphatic carbocycles. The SMILES string of the molecule is COc1cc2c(cc1OC)C[NH+](CC(=O)Nc1c(Cl)cccc1Cl)CC2. The van der Waals surface area contributed by atoms with E-state index in [9.17, 15) is 4.79 Å². The summed E-state index contributed by atoms with van der Waals surface area (Å²) in [7, 11) is 3.26. The number of ether oxygens (including phenoxy) is 2. The maximum absolute atomic E-state index is 12.4. The maximum atomic E-state index is 12.4. The van der Waals surface area contributed by atoms with Crippen molar-refractivity contribution in [3.63, 3.8) is 0 Å². The molecular formula is C19H21Cl2N2O3+. The molecule has 1 aliphatic rings. The first-order chi connectivity index (χ1) is 12.5. The highest BCUT2D eigenvalue weighted by molar-refractivity contribution is 6.39. The molecule has 0 saturated carbocycles. The van der Waals surface area contributed by atoms with Crippen LogP contribution in [0.3, 0.4) is 0 Å². The standard InChI is InChI=1S/C19H20Cl2N2O3/c1-25-16-8-12-6-7-23(10-13(12)9-17(16)26-2)11-18(24)22-19-14(20)4-3-5-15(19)21/h3-5,8-9H,6-7,10-11H2,1-2H3,(H,22,24)/p+1. The van der Waals surface area contributed by atoms with Crippen molar-refractivity contribution >= 4 is 34.8 Å². The number of hydrogen-bond donors (Lipinski definition) is 2. The van der Waals surface area contributed by atoms with Crippen LogP contribution in [-0.2, 0) is 17.8 Å². The predicted molar refractivity (Wildman–Crippen MR) is 103 cm³/mol. The molecule has 2 aromatic rings. The number of hydrogen-bond acceptors (Lipinski definition) is 3. The monoisotopic (exact) mass is 395 g/mol. The third-order valence-electron chi connectivity index (χ3n) is 4.53. The Balaban J connectivity index is 1.68. The molecule has 1 aliphatic heterocycles. The number of methoxy groups -OCH3 is 2. The van der Waals surface area contributed by atoms with Crippen molar-refractivity contribution in [2.24, 2.45) is 0 Å². The Bertz CT molecular complexity index is 806. The second kappa shape index (κ2) is 8.16. The Hall–Kier alpha value is -1.95. The molecule has 5 nitrogen and oxygen atoms in total. The number of carbonyl (C=O) groups excluding carboxylic acids is 1. The number of carbonyl (C=O) groups is 1. The Kier molecular flexibility index (Phi) is 5.91. The van der Waals surface area contributed by atoms with Crippen LogP contribution in [0.5, 0.6) is 11.5 Å². The number of nitrogens with one attached hydrogen (secondary N) is 2. The number of halogens is 2. The number of benzene rings is 2. The van der Waals surface area contributed by atoms with Crippen molar-refractivity contribution in [3.8, 4) is 11.5 Å². The van der Waals surface area contributed by atoms with Crippen LogP contribution >= 0.6 is 23.2 Å². The van der Waals surface area contributed by atoms with Crippen molar-refractivity contribution in [1.29, 1.82) is 0 Å². The number of anilines is 1. The summed E-state index contributed by atoms with van der Waals surface area (Å²) >= 11 is 12.2. The number of quaternary nitrogens is 1. The highest BCUT2D eigenvalue weighted by Crippen LogP contribution is 2.31. The van der Waals surface area contributed by atoms with Crippen molar-refractivity contribution in [2.45, 2.75) is 13.0 Å². The van der Waals surface area contributed by atoms with Gasteiger partial charge in [-0.15, -0.1) is 0 Å². The Morgan fingerprint density at radius 3 is 2.35 bits per heavy atom.